The summed E-state index contributed by atoms with van der Waals surface area (Å²) in [4.78, 5) is 14.1. The first-order valence-electron chi connectivity index (χ1n) is 7.43. The molecule has 114 valence electrons. The van der Waals surface area contributed by atoms with E-state index in [2.05, 4.69) is 5.32 Å². The molecule has 2 aromatic rings. The highest BCUT2D eigenvalue weighted by Crippen LogP contribution is 2.39. The predicted octanol–water partition coefficient (Wildman–Crippen LogP) is 4.26. The van der Waals surface area contributed by atoms with Gasteiger partial charge in [0.05, 0.1) is 0 Å². The second kappa shape index (κ2) is 6.01. The van der Waals surface area contributed by atoms with Crippen LogP contribution in [0.3, 0.4) is 0 Å². The van der Waals surface area contributed by atoms with Crippen LogP contribution in [0.1, 0.15) is 18.4 Å². The Hall–Kier alpha value is -2.00. The molecule has 3 nitrogen and oxygen atoms in total. The van der Waals surface area contributed by atoms with E-state index in [-0.39, 0.29) is 11.6 Å². The molecule has 0 unspecified atom stereocenters. The Morgan fingerprint density at radius 1 is 1.14 bits per heavy atom. The Morgan fingerprint density at radius 2 is 1.77 bits per heavy atom. The van der Waals surface area contributed by atoms with Crippen LogP contribution in [0.15, 0.2) is 54.6 Å². The number of carbonyl (C=O) groups excluding carboxylic acids is 1. The number of urea groups is 1. The van der Waals surface area contributed by atoms with Crippen LogP contribution in [0.4, 0.5) is 10.5 Å². The minimum atomic E-state index is -0.103. The van der Waals surface area contributed by atoms with Crippen LogP contribution in [0.2, 0.25) is 5.02 Å². The number of para-hydroxylation sites is 1. The minimum absolute atomic E-state index is 0.0577. The molecule has 0 atom stereocenters. The molecule has 2 amide bonds. The molecule has 1 saturated carbocycles. The summed E-state index contributed by atoms with van der Waals surface area (Å²) < 4.78 is 0. The van der Waals surface area contributed by atoms with E-state index in [1.807, 2.05) is 54.6 Å². The van der Waals surface area contributed by atoms with E-state index in [0.29, 0.717) is 0 Å². The average molecular weight is 315 g/mol. The summed E-state index contributed by atoms with van der Waals surface area (Å²) in [7, 11) is 1.79. The van der Waals surface area contributed by atoms with E-state index in [4.69, 9.17) is 11.6 Å². The number of halogens is 1. The van der Waals surface area contributed by atoms with Crippen molar-refractivity contribution in [3.05, 3.63) is 65.2 Å². The third-order valence-electron chi connectivity index (χ3n) is 4.13. The maximum Gasteiger partial charge on any atom is 0.322 e. The lowest BCUT2D eigenvalue weighted by Gasteiger charge is -2.23. The van der Waals surface area contributed by atoms with Crippen LogP contribution >= 0.6 is 11.6 Å². The number of hydrogen-bond donors (Lipinski definition) is 1. The zero-order valence-electron chi connectivity index (χ0n) is 12.6. The molecule has 1 aliphatic carbocycles. The summed E-state index contributed by atoms with van der Waals surface area (Å²) >= 11 is 5.92. The van der Waals surface area contributed by atoms with Gasteiger partial charge in [0, 0.05) is 23.3 Å². The summed E-state index contributed by atoms with van der Waals surface area (Å²) in [5.74, 6) is 0. The fourth-order valence-corrected chi connectivity index (χ4v) is 2.70. The van der Waals surface area contributed by atoms with E-state index in [9.17, 15) is 4.79 Å². The van der Waals surface area contributed by atoms with E-state index in [1.165, 1.54) is 5.56 Å². The van der Waals surface area contributed by atoms with Crippen molar-refractivity contribution in [2.24, 2.45) is 0 Å². The molecule has 2 aromatic carbocycles. The van der Waals surface area contributed by atoms with E-state index in [1.54, 1.807) is 11.9 Å². The molecule has 0 saturated heterocycles. The van der Waals surface area contributed by atoms with Gasteiger partial charge in [-0.15, -0.1) is 0 Å². The average Bonchev–Trinajstić information content (AvgIpc) is 3.29. The van der Waals surface area contributed by atoms with Gasteiger partial charge >= 0.3 is 6.03 Å². The van der Waals surface area contributed by atoms with Gasteiger partial charge in [-0.2, -0.15) is 0 Å². The molecule has 3 rings (SSSR count). The lowest BCUT2D eigenvalue weighted by molar-refractivity contribution is 0.242. The molecule has 4 heteroatoms. The maximum absolute atomic E-state index is 12.4. The van der Waals surface area contributed by atoms with Gasteiger partial charge in [0.1, 0.15) is 0 Å². The second-order valence-corrected chi connectivity index (χ2v) is 6.34. The smallest absolute Gasteiger partial charge is 0.322 e. The van der Waals surface area contributed by atoms with Gasteiger partial charge in [-0.1, -0.05) is 41.9 Å². The number of benzene rings is 2. The number of carbonyl (C=O) groups is 1. The Kier molecular flexibility index (Phi) is 4.08. The Labute approximate surface area is 135 Å². The van der Waals surface area contributed by atoms with Crippen molar-refractivity contribution < 1.29 is 4.79 Å². The quantitative estimate of drug-likeness (QED) is 0.898. The molecule has 0 spiro atoms. The number of anilines is 1. The van der Waals surface area contributed by atoms with Crippen LogP contribution in [0.5, 0.6) is 0 Å². The maximum atomic E-state index is 12.4. The summed E-state index contributed by atoms with van der Waals surface area (Å²) in [6, 6.07) is 17.4. The summed E-state index contributed by atoms with van der Waals surface area (Å²) in [6.45, 7) is 0. The minimum Gasteiger partial charge on any atom is -0.332 e. The normalized spacial score (nSPS) is 15.2. The van der Waals surface area contributed by atoms with Crippen molar-refractivity contribution in [1.82, 2.24) is 5.32 Å². The molecule has 0 aromatic heterocycles. The van der Waals surface area contributed by atoms with E-state index < -0.39 is 0 Å². The molecule has 1 fully saturated rings. The van der Waals surface area contributed by atoms with Gasteiger partial charge < -0.3 is 5.32 Å². The van der Waals surface area contributed by atoms with Crippen molar-refractivity contribution >= 4 is 23.3 Å². The van der Waals surface area contributed by atoms with Crippen LogP contribution < -0.4 is 10.2 Å². The van der Waals surface area contributed by atoms with Gasteiger partial charge in [-0.3, -0.25) is 4.90 Å². The molecule has 22 heavy (non-hydrogen) atoms. The third kappa shape index (κ3) is 3.42. The monoisotopic (exact) mass is 314 g/mol. The Morgan fingerprint density at radius 3 is 2.36 bits per heavy atom. The molecule has 0 heterocycles. The highest BCUT2D eigenvalue weighted by Gasteiger charge is 2.44. The molecular weight excluding hydrogens is 296 g/mol. The molecule has 0 radical (unpaired) electrons. The number of amides is 2. The fraction of sp³-hybridized carbons (Fsp3) is 0.278. The number of nitrogens with zero attached hydrogens (tertiary/aromatic N) is 1. The first-order valence-corrected chi connectivity index (χ1v) is 7.81. The van der Waals surface area contributed by atoms with Gasteiger partial charge in [0.2, 0.25) is 0 Å². The zero-order valence-corrected chi connectivity index (χ0v) is 13.3. The van der Waals surface area contributed by atoms with Gasteiger partial charge in [0.25, 0.3) is 0 Å². The Bertz CT molecular complexity index is 651. The largest absolute Gasteiger partial charge is 0.332 e. The highest BCUT2D eigenvalue weighted by atomic mass is 35.5. The number of nitrogens with one attached hydrogen (secondary N) is 1. The topological polar surface area (TPSA) is 32.3 Å². The Balaban J connectivity index is 1.64. The second-order valence-electron chi connectivity index (χ2n) is 5.91. The lowest BCUT2D eigenvalue weighted by Crippen LogP contribution is -2.45. The summed E-state index contributed by atoms with van der Waals surface area (Å²) in [5, 5.41) is 3.92. The van der Waals surface area contributed by atoms with Crippen molar-refractivity contribution in [3.8, 4) is 0 Å². The van der Waals surface area contributed by atoms with Crippen molar-refractivity contribution in [3.63, 3.8) is 0 Å². The van der Waals surface area contributed by atoms with Crippen molar-refractivity contribution in [1.29, 1.82) is 0 Å². The molecule has 0 aliphatic heterocycles. The van der Waals surface area contributed by atoms with Crippen LogP contribution in [0.25, 0.3) is 0 Å². The van der Waals surface area contributed by atoms with Crippen molar-refractivity contribution in [2.45, 2.75) is 24.8 Å². The summed E-state index contributed by atoms with van der Waals surface area (Å²) in [6.07, 6.45) is 2.88. The van der Waals surface area contributed by atoms with Crippen molar-refractivity contribution in [2.75, 3.05) is 11.9 Å². The van der Waals surface area contributed by atoms with Crippen LogP contribution in [-0.4, -0.2) is 18.6 Å². The van der Waals surface area contributed by atoms with Crippen LogP contribution in [0, 0.1) is 0 Å². The van der Waals surface area contributed by atoms with E-state index >= 15 is 0 Å². The fourth-order valence-electron chi connectivity index (χ4n) is 2.57. The first-order chi connectivity index (χ1) is 10.6. The predicted molar refractivity (Wildman–Crippen MR) is 90.5 cm³/mol. The number of rotatable bonds is 4. The van der Waals surface area contributed by atoms with Gasteiger partial charge in [-0.25, -0.2) is 4.79 Å². The SMILES string of the molecule is CN(C(=O)NC1(Cc2ccc(Cl)cc2)CC1)c1ccccc1. The van der Waals surface area contributed by atoms with Crippen LogP contribution in [-0.2, 0) is 6.42 Å². The standard InChI is InChI=1S/C18H19ClN2O/c1-21(16-5-3-2-4-6-16)17(22)20-18(11-12-18)13-14-7-9-15(19)10-8-14/h2-10H,11-13H2,1H3,(H,20,22). The molecule has 1 aliphatic rings. The highest BCUT2D eigenvalue weighted by molar-refractivity contribution is 6.30. The third-order valence-corrected chi connectivity index (χ3v) is 4.38. The molecule has 1 N–H and O–H groups in total. The summed E-state index contributed by atoms with van der Waals surface area (Å²) in [5.41, 5.74) is 1.99. The van der Waals surface area contributed by atoms with Gasteiger partial charge in [0.15, 0.2) is 0 Å². The first kappa shape index (κ1) is 14.9. The lowest BCUT2D eigenvalue weighted by atomic mass is 10.0. The van der Waals surface area contributed by atoms with E-state index in [0.717, 1.165) is 30.0 Å². The molecular formula is C18H19ClN2O. The van der Waals surface area contributed by atoms with Gasteiger partial charge in [-0.05, 0) is 49.1 Å². The number of hydrogen-bond acceptors (Lipinski definition) is 1. The molecule has 0 bridgehead atoms. The zero-order chi connectivity index (χ0) is 15.6.